The monoisotopic (exact) mass is 279 g/mol. The highest BCUT2D eigenvalue weighted by Gasteiger charge is 2.05. The van der Waals surface area contributed by atoms with Crippen LogP contribution in [0.3, 0.4) is 0 Å². The molecule has 0 aliphatic carbocycles. The van der Waals surface area contributed by atoms with E-state index >= 15 is 0 Å². The summed E-state index contributed by atoms with van der Waals surface area (Å²) in [6.45, 7) is 0. The fourth-order valence-corrected chi connectivity index (χ4v) is 1.65. The van der Waals surface area contributed by atoms with E-state index in [4.69, 9.17) is 0 Å². The first-order valence-electron chi connectivity index (χ1n) is 4.77. The summed E-state index contributed by atoms with van der Waals surface area (Å²) in [5, 5.41) is 2.73. The predicted molar refractivity (Wildman–Crippen MR) is 65.1 cm³/mol. The number of hydrogen-bond acceptors (Lipinski definition) is 2. The number of pyridine rings is 1. The maximum atomic E-state index is 11.6. The first-order valence-corrected chi connectivity index (χ1v) is 5.56. The van der Waals surface area contributed by atoms with Crippen LogP contribution in [0.2, 0.25) is 0 Å². The number of aromatic nitrogens is 2. The molecule has 2 rings (SSSR count). The van der Waals surface area contributed by atoms with Crippen molar-refractivity contribution in [3.63, 3.8) is 0 Å². The number of anilines is 1. The average molecular weight is 280 g/mol. The third-order valence-corrected chi connectivity index (χ3v) is 2.51. The Bertz CT molecular complexity index is 482. The quantitative estimate of drug-likeness (QED) is 0.906. The Morgan fingerprint density at radius 3 is 3.06 bits per heavy atom. The highest BCUT2D eigenvalue weighted by Crippen LogP contribution is 2.12. The molecular formula is C11H10BrN3O. The number of nitrogens with zero attached hydrogens (tertiary/aromatic N) is 1. The molecule has 2 aromatic heterocycles. The summed E-state index contributed by atoms with van der Waals surface area (Å²) in [6.07, 6.45) is 5.57. The third-order valence-electron chi connectivity index (χ3n) is 2.02. The van der Waals surface area contributed by atoms with Gasteiger partial charge >= 0.3 is 0 Å². The number of rotatable bonds is 3. The van der Waals surface area contributed by atoms with E-state index in [0.29, 0.717) is 12.2 Å². The van der Waals surface area contributed by atoms with E-state index in [1.807, 2.05) is 12.1 Å². The minimum Gasteiger partial charge on any atom is -0.367 e. The van der Waals surface area contributed by atoms with Crippen LogP contribution in [0, 0.1) is 0 Å². The van der Waals surface area contributed by atoms with Crippen LogP contribution in [0.4, 0.5) is 5.82 Å². The standard InChI is InChI=1S/C11H10BrN3O/c12-9-2-4-14-10(6-9)15-11(16)5-8-1-3-13-7-8/h1-4,6-7,13H,5H2,(H,14,15,16). The number of aromatic amines is 1. The molecule has 0 fully saturated rings. The summed E-state index contributed by atoms with van der Waals surface area (Å²) in [5.41, 5.74) is 0.951. The van der Waals surface area contributed by atoms with Gasteiger partial charge in [-0.15, -0.1) is 0 Å². The van der Waals surface area contributed by atoms with Gasteiger partial charge in [-0.2, -0.15) is 0 Å². The summed E-state index contributed by atoms with van der Waals surface area (Å²) in [7, 11) is 0. The average Bonchev–Trinajstić information content (AvgIpc) is 2.70. The molecule has 0 aliphatic rings. The third kappa shape index (κ3) is 2.93. The van der Waals surface area contributed by atoms with Crippen molar-refractivity contribution >= 4 is 27.7 Å². The molecule has 0 spiro atoms. The van der Waals surface area contributed by atoms with E-state index in [-0.39, 0.29) is 5.91 Å². The molecule has 5 heteroatoms. The molecule has 0 aliphatic heterocycles. The molecular weight excluding hydrogens is 270 g/mol. The Kier molecular flexibility index (Phi) is 3.36. The van der Waals surface area contributed by atoms with Crippen molar-refractivity contribution in [3.8, 4) is 0 Å². The minimum atomic E-state index is -0.0785. The zero-order valence-corrected chi connectivity index (χ0v) is 9.99. The van der Waals surface area contributed by atoms with Crippen LogP contribution < -0.4 is 5.32 Å². The lowest BCUT2D eigenvalue weighted by molar-refractivity contribution is -0.115. The van der Waals surface area contributed by atoms with Gasteiger partial charge in [-0.25, -0.2) is 4.98 Å². The first kappa shape index (κ1) is 10.9. The summed E-state index contributed by atoms with van der Waals surface area (Å²) in [5.74, 6) is 0.472. The van der Waals surface area contributed by atoms with Crippen LogP contribution in [-0.4, -0.2) is 15.9 Å². The smallest absolute Gasteiger partial charge is 0.230 e. The highest BCUT2D eigenvalue weighted by atomic mass is 79.9. The van der Waals surface area contributed by atoms with Gasteiger partial charge in [0.15, 0.2) is 0 Å². The second kappa shape index (κ2) is 4.94. The Balaban J connectivity index is 1.97. The summed E-state index contributed by atoms with van der Waals surface area (Å²) in [6, 6.07) is 5.44. The number of halogens is 1. The molecule has 2 N–H and O–H groups in total. The van der Waals surface area contributed by atoms with Gasteiger partial charge in [-0.3, -0.25) is 4.79 Å². The van der Waals surface area contributed by atoms with Gasteiger partial charge in [0.1, 0.15) is 5.82 Å². The van der Waals surface area contributed by atoms with Gasteiger partial charge in [-0.1, -0.05) is 15.9 Å². The van der Waals surface area contributed by atoms with Gasteiger partial charge in [0.2, 0.25) is 5.91 Å². The zero-order valence-electron chi connectivity index (χ0n) is 8.40. The van der Waals surface area contributed by atoms with E-state index in [1.54, 1.807) is 24.7 Å². The Morgan fingerprint density at radius 1 is 1.50 bits per heavy atom. The van der Waals surface area contributed by atoms with E-state index in [2.05, 4.69) is 31.2 Å². The first-order chi connectivity index (χ1) is 7.74. The lowest BCUT2D eigenvalue weighted by Crippen LogP contribution is -2.14. The van der Waals surface area contributed by atoms with Crippen molar-refractivity contribution in [1.82, 2.24) is 9.97 Å². The van der Waals surface area contributed by atoms with Crippen LogP contribution in [-0.2, 0) is 11.2 Å². The van der Waals surface area contributed by atoms with E-state index in [9.17, 15) is 4.79 Å². The molecule has 2 aromatic rings. The van der Waals surface area contributed by atoms with Gasteiger partial charge < -0.3 is 10.3 Å². The largest absolute Gasteiger partial charge is 0.367 e. The number of carbonyl (C=O) groups excluding carboxylic acids is 1. The topological polar surface area (TPSA) is 57.8 Å². The highest BCUT2D eigenvalue weighted by molar-refractivity contribution is 9.10. The fourth-order valence-electron chi connectivity index (χ4n) is 1.31. The van der Waals surface area contributed by atoms with E-state index < -0.39 is 0 Å². The van der Waals surface area contributed by atoms with Gasteiger partial charge in [0.25, 0.3) is 0 Å². The molecule has 1 amide bonds. The summed E-state index contributed by atoms with van der Waals surface area (Å²) in [4.78, 5) is 18.6. The molecule has 16 heavy (non-hydrogen) atoms. The number of carbonyl (C=O) groups is 1. The maximum absolute atomic E-state index is 11.6. The molecule has 82 valence electrons. The van der Waals surface area contributed by atoms with Crippen molar-refractivity contribution in [3.05, 3.63) is 46.8 Å². The lowest BCUT2D eigenvalue weighted by Gasteiger charge is -2.03. The molecule has 0 radical (unpaired) electrons. The maximum Gasteiger partial charge on any atom is 0.230 e. The normalized spacial score (nSPS) is 10.1. The van der Waals surface area contributed by atoms with Crippen molar-refractivity contribution in [2.24, 2.45) is 0 Å². The number of hydrogen-bond donors (Lipinski definition) is 2. The molecule has 0 aromatic carbocycles. The summed E-state index contributed by atoms with van der Waals surface area (Å²) < 4.78 is 0.888. The lowest BCUT2D eigenvalue weighted by atomic mass is 10.2. The van der Waals surface area contributed by atoms with Crippen LogP contribution in [0.1, 0.15) is 5.56 Å². The Morgan fingerprint density at radius 2 is 2.38 bits per heavy atom. The SMILES string of the molecule is O=C(Cc1cc[nH]c1)Nc1cc(Br)ccn1. The molecule has 4 nitrogen and oxygen atoms in total. The van der Waals surface area contributed by atoms with Crippen molar-refractivity contribution in [2.45, 2.75) is 6.42 Å². The molecule has 0 unspecified atom stereocenters. The second-order valence-corrected chi connectivity index (χ2v) is 4.22. The van der Waals surface area contributed by atoms with E-state index in [1.165, 1.54) is 0 Å². The molecule has 0 bridgehead atoms. The van der Waals surface area contributed by atoms with E-state index in [0.717, 1.165) is 10.0 Å². The van der Waals surface area contributed by atoms with Gasteiger partial charge in [-0.05, 0) is 23.8 Å². The van der Waals surface area contributed by atoms with Crippen LogP contribution in [0.25, 0.3) is 0 Å². The van der Waals surface area contributed by atoms with Crippen molar-refractivity contribution < 1.29 is 4.79 Å². The van der Waals surface area contributed by atoms with Crippen LogP contribution >= 0.6 is 15.9 Å². The molecule has 0 atom stereocenters. The number of nitrogens with one attached hydrogen (secondary N) is 2. The van der Waals surface area contributed by atoms with Gasteiger partial charge in [0, 0.05) is 23.1 Å². The van der Waals surface area contributed by atoms with Crippen LogP contribution in [0.15, 0.2) is 41.3 Å². The number of amides is 1. The van der Waals surface area contributed by atoms with Crippen molar-refractivity contribution in [2.75, 3.05) is 5.32 Å². The Labute approximate surface area is 101 Å². The van der Waals surface area contributed by atoms with Crippen LogP contribution in [0.5, 0.6) is 0 Å². The zero-order chi connectivity index (χ0) is 11.4. The Hall–Kier alpha value is -1.62. The molecule has 0 saturated heterocycles. The fraction of sp³-hybridized carbons (Fsp3) is 0.0909. The molecule has 0 saturated carbocycles. The van der Waals surface area contributed by atoms with Gasteiger partial charge in [0.05, 0.1) is 6.42 Å². The predicted octanol–water partition coefficient (Wildman–Crippen LogP) is 2.35. The molecule has 2 heterocycles. The number of H-pyrrole nitrogens is 1. The van der Waals surface area contributed by atoms with Crippen molar-refractivity contribution in [1.29, 1.82) is 0 Å². The second-order valence-electron chi connectivity index (χ2n) is 3.30. The summed E-state index contributed by atoms with van der Waals surface area (Å²) >= 11 is 3.32. The minimum absolute atomic E-state index is 0.0785.